The average Bonchev–Trinajstić information content (AvgIpc) is 2.81. The zero-order valence-electron chi connectivity index (χ0n) is 11.2. The van der Waals surface area contributed by atoms with Crippen LogP contribution < -0.4 is 0 Å². The molecule has 2 unspecified atom stereocenters. The van der Waals surface area contributed by atoms with Gasteiger partial charge in [-0.05, 0) is 32.9 Å². The third kappa shape index (κ3) is 2.36. The first-order chi connectivity index (χ1) is 9.15. The highest BCUT2D eigenvalue weighted by atomic mass is 16.4. The van der Waals surface area contributed by atoms with Crippen LogP contribution in [0, 0.1) is 5.92 Å². The predicted octanol–water partition coefficient (Wildman–Crippen LogP) is 1.08. The fourth-order valence-electron chi connectivity index (χ4n) is 3.07. The van der Waals surface area contributed by atoms with Crippen molar-refractivity contribution in [2.45, 2.75) is 44.7 Å². The molecule has 19 heavy (non-hydrogen) atoms. The zero-order chi connectivity index (χ0) is 13.4. The summed E-state index contributed by atoms with van der Waals surface area (Å²) in [6, 6.07) is 0.301. The van der Waals surface area contributed by atoms with Crippen molar-refractivity contribution >= 4 is 5.97 Å². The van der Waals surface area contributed by atoms with Crippen LogP contribution in [-0.4, -0.2) is 44.3 Å². The lowest BCUT2D eigenvalue weighted by molar-refractivity contribution is -0.142. The Morgan fingerprint density at radius 2 is 2.21 bits per heavy atom. The lowest BCUT2D eigenvalue weighted by Crippen LogP contribution is -2.30. The van der Waals surface area contributed by atoms with Gasteiger partial charge in [0.25, 0.3) is 0 Å². The van der Waals surface area contributed by atoms with E-state index >= 15 is 0 Å². The van der Waals surface area contributed by atoms with E-state index in [-0.39, 0.29) is 5.92 Å². The minimum atomic E-state index is -0.725. The number of fused-ring (bicyclic) bond motifs is 1. The smallest absolute Gasteiger partial charge is 0.308 e. The summed E-state index contributed by atoms with van der Waals surface area (Å²) >= 11 is 0. The third-order valence-corrected chi connectivity index (χ3v) is 4.29. The highest BCUT2D eigenvalue weighted by Crippen LogP contribution is 2.29. The van der Waals surface area contributed by atoms with Crippen LogP contribution in [0.3, 0.4) is 0 Å². The summed E-state index contributed by atoms with van der Waals surface area (Å²) in [6.07, 6.45) is 4.95. The topological polar surface area (TPSA) is 71.2 Å². The van der Waals surface area contributed by atoms with Crippen molar-refractivity contribution in [1.82, 2.24) is 19.7 Å². The van der Waals surface area contributed by atoms with Crippen LogP contribution in [0.1, 0.15) is 43.4 Å². The van der Waals surface area contributed by atoms with Crippen LogP contribution in [-0.2, 0) is 17.8 Å². The second-order valence-electron chi connectivity index (χ2n) is 5.63. The van der Waals surface area contributed by atoms with Crippen molar-refractivity contribution in [1.29, 1.82) is 0 Å². The Kier molecular flexibility index (Phi) is 3.26. The highest BCUT2D eigenvalue weighted by Gasteiger charge is 2.30. The number of rotatable bonds is 2. The normalized spacial score (nSPS) is 28.1. The summed E-state index contributed by atoms with van der Waals surface area (Å²) in [6.45, 7) is 1.56. The molecule has 0 amide bonds. The van der Waals surface area contributed by atoms with Gasteiger partial charge in [-0.3, -0.25) is 9.69 Å². The SMILES string of the molecule is CN1CCCCC1c1nc2n(n1)CC(C(=O)O)CC2. The predicted molar refractivity (Wildman–Crippen MR) is 68.7 cm³/mol. The van der Waals surface area contributed by atoms with Gasteiger partial charge < -0.3 is 5.11 Å². The van der Waals surface area contributed by atoms with E-state index < -0.39 is 5.97 Å². The van der Waals surface area contributed by atoms with Gasteiger partial charge in [-0.25, -0.2) is 9.67 Å². The van der Waals surface area contributed by atoms with Gasteiger partial charge >= 0.3 is 5.97 Å². The molecule has 0 bridgehead atoms. The van der Waals surface area contributed by atoms with E-state index in [0.717, 1.165) is 31.0 Å². The second kappa shape index (κ2) is 4.92. The number of hydrogen-bond acceptors (Lipinski definition) is 4. The van der Waals surface area contributed by atoms with Crippen molar-refractivity contribution in [3.63, 3.8) is 0 Å². The van der Waals surface area contributed by atoms with Crippen LogP contribution in [0.2, 0.25) is 0 Å². The zero-order valence-corrected chi connectivity index (χ0v) is 11.2. The maximum atomic E-state index is 11.1. The molecule has 0 aliphatic carbocycles. The van der Waals surface area contributed by atoms with E-state index in [1.165, 1.54) is 12.8 Å². The number of carboxylic acids is 1. The van der Waals surface area contributed by atoms with Crippen molar-refractivity contribution in [3.05, 3.63) is 11.6 Å². The van der Waals surface area contributed by atoms with Gasteiger partial charge in [-0.2, -0.15) is 5.10 Å². The molecule has 6 heteroatoms. The molecule has 3 rings (SSSR count). The summed E-state index contributed by atoms with van der Waals surface area (Å²) < 4.78 is 1.81. The van der Waals surface area contributed by atoms with Gasteiger partial charge in [0, 0.05) is 6.42 Å². The van der Waals surface area contributed by atoms with Gasteiger partial charge in [0.1, 0.15) is 5.82 Å². The molecule has 1 saturated heterocycles. The third-order valence-electron chi connectivity index (χ3n) is 4.29. The Hall–Kier alpha value is -1.43. The molecule has 2 aliphatic heterocycles. The number of carbonyl (C=O) groups is 1. The van der Waals surface area contributed by atoms with Crippen LogP contribution in [0.25, 0.3) is 0 Å². The van der Waals surface area contributed by atoms with E-state index in [4.69, 9.17) is 5.11 Å². The fourth-order valence-corrected chi connectivity index (χ4v) is 3.07. The first kappa shape index (κ1) is 12.6. The van der Waals surface area contributed by atoms with Crippen LogP contribution in [0.15, 0.2) is 0 Å². The van der Waals surface area contributed by atoms with Crippen molar-refractivity contribution in [3.8, 4) is 0 Å². The monoisotopic (exact) mass is 264 g/mol. The first-order valence-corrected chi connectivity index (χ1v) is 7.02. The number of aliphatic carboxylic acids is 1. The van der Waals surface area contributed by atoms with E-state index in [9.17, 15) is 4.79 Å². The molecule has 2 aliphatic rings. The number of aromatic nitrogens is 3. The van der Waals surface area contributed by atoms with Gasteiger partial charge in [0.15, 0.2) is 5.82 Å². The Bertz CT molecular complexity index is 485. The molecule has 1 N–H and O–H groups in total. The van der Waals surface area contributed by atoms with Crippen molar-refractivity contribution in [2.24, 2.45) is 5.92 Å². The second-order valence-corrected chi connectivity index (χ2v) is 5.63. The van der Waals surface area contributed by atoms with Gasteiger partial charge in [-0.15, -0.1) is 0 Å². The molecular formula is C13H20N4O2. The minimum absolute atomic E-state index is 0.301. The van der Waals surface area contributed by atoms with Crippen LogP contribution in [0.4, 0.5) is 0 Å². The quantitative estimate of drug-likeness (QED) is 0.865. The lowest BCUT2D eigenvalue weighted by Gasteiger charge is -2.30. The van der Waals surface area contributed by atoms with Crippen LogP contribution in [0.5, 0.6) is 0 Å². The average molecular weight is 264 g/mol. The number of aryl methyl sites for hydroxylation is 1. The molecule has 1 aromatic rings. The Morgan fingerprint density at radius 1 is 1.37 bits per heavy atom. The molecule has 1 aromatic heterocycles. The molecule has 0 spiro atoms. The van der Waals surface area contributed by atoms with Crippen molar-refractivity contribution < 1.29 is 9.90 Å². The molecule has 3 heterocycles. The van der Waals surface area contributed by atoms with Gasteiger partial charge in [0.2, 0.25) is 0 Å². The van der Waals surface area contributed by atoms with Gasteiger partial charge in [0.05, 0.1) is 18.5 Å². The fraction of sp³-hybridized carbons (Fsp3) is 0.769. The maximum absolute atomic E-state index is 11.1. The Labute approximate surface area is 112 Å². The van der Waals surface area contributed by atoms with Crippen LogP contribution >= 0.6 is 0 Å². The van der Waals surface area contributed by atoms with Crippen molar-refractivity contribution in [2.75, 3.05) is 13.6 Å². The number of hydrogen-bond donors (Lipinski definition) is 1. The molecule has 104 valence electrons. The first-order valence-electron chi connectivity index (χ1n) is 7.02. The van der Waals surface area contributed by atoms with Gasteiger partial charge in [-0.1, -0.05) is 6.42 Å². The number of piperidine rings is 1. The molecule has 2 atom stereocenters. The molecule has 6 nitrogen and oxygen atoms in total. The molecule has 1 fully saturated rings. The highest BCUT2D eigenvalue weighted by molar-refractivity contribution is 5.70. The van der Waals surface area contributed by atoms with E-state index in [2.05, 4.69) is 22.0 Å². The van der Waals surface area contributed by atoms with E-state index in [1.807, 2.05) is 0 Å². The summed E-state index contributed by atoms with van der Waals surface area (Å²) in [5.74, 6) is 0.790. The van der Waals surface area contributed by atoms with E-state index in [1.54, 1.807) is 4.68 Å². The molecular weight excluding hydrogens is 244 g/mol. The number of nitrogens with zero attached hydrogens (tertiary/aromatic N) is 4. The summed E-state index contributed by atoms with van der Waals surface area (Å²) in [5, 5.41) is 13.6. The summed E-state index contributed by atoms with van der Waals surface area (Å²) in [4.78, 5) is 18.0. The summed E-state index contributed by atoms with van der Waals surface area (Å²) in [5.41, 5.74) is 0. The summed E-state index contributed by atoms with van der Waals surface area (Å²) in [7, 11) is 2.11. The standard InChI is InChI=1S/C13H20N4O2/c1-16-7-3-2-4-10(16)12-14-11-6-5-9(13(18)19)8-17(11)15-12/h9-10H,2-8H2,1H3,(H,18,19). The number of likely N-dealkylation sites (tertiary alicyclic amines) is 1. The Morgan fingerprint density at radius 3 is 2.95 bits per heavy atom. The largest absolute Gasteiger partial charge is 0.481 e. The Balaban J connectivity index is 1.81. The molecule has 0 aromatic carbocycles. The molecule has 0 saturated carbocycles. The number of carboxylic acid groups (broad SMARTS) is 1. The minimum Gasteiger partial charge on any atom is -0.481 e. The van der Waals surface area contributed by atoms with E-state index in [0.29, 0.717) is 19.0 Å². The maximum Gasteiger partial charge on any atom is 0.308 e. The lowest BCUT2D eigenvalue weighted by atomic mass is 10.0. The molecule has 0 radical (unpaired) electrons.